The van der Waals surface area contributed by atoms with Crippen molar-refractivity contribution in [2.75, 3.05) is 20.0 Å². The molecule has 1 atom stereocenters. The van der Waals surface area contributed by atoms with Crippen LogP contribution in [0.3, 0.4) is 0 Å². The van der Waals surface area contributed by atoms with Crippen LogP contribution >= 0.6 is 7.82 Å². The van der Waals surface area contributed by atoms with E-state index >= 15 is 0 Å². The number of terminal acetylenes is 1. The number of carbonyl (C=O) groups excluding carboxylic acids is 2. The van der Waals surface area contributed by atoms with Gasteiger partial charge in [-0.05, 0) is 36.0 Å². The molecule has 0 bridgehead atoms. The number of esters is 1. The summed E-state index contributed by atoms with van der Waals surface area (Å²) in [6.07, 6.45) is 12.8. The third kappa shape index (κ3) is 42.8. The molecule has 42 heavy (non-hydrogen) atoms. The summed E-state index contributed by atoms with van der Waals surface area (Å²) >= 11 is 0. The van der Waals surface area contributed by atoms with Crippen molar-refractivity contribution in [3.63, 3.8) is 0 Å². The van der Waals surface area contributed by atoms with Crippen LogP contribution in [0.15, 0.2) is 0 Å². The second kappa shape index (κ2) is 35.5. The number of amides is 1. The van der Waals surface area contributed by atoms with E-state index in [1.165, 1.54) is 32.6 Å². The number of aliphatic hydroxyl groups excluding tert-OH is 1. The molecule has 0 radical (unpaired) electrons. The Kier molecular flexibility index (Phi) is 40.0. The SMILES string of the molecule is C#CC#CC#CC#CC#CC#CNC(C)=O.CCCCCCCCCCC(=O)O[C@@H](COCO)COP(=O)([O-])[O-].[HH].[HH].[HH].[HH].[HH].[HH].[HH].[HH].[HH].[HH].[HH].[Na+].[Na+]. The molecule has 0 saturated carbocycles. The van der Waals surface area contributed by atoms with Crippen LogP contribution in [0.5, 0.6) is 0 Å². The van der Waals surface area contributed by atoms with Crippen molar-refractivity contribution in [1.29, 1.82) is 0 Å². The molecule has 10 nitrogen and oxygen atoms in total. The molecule has 0 fully saturated rings. The van der Waals surface area contributed by atoms with E-state index in [1.807, 2.05) is 0 Å². The van der Waals surface area contributed by atoms with Crippen molar-refractivity contribution < 1.29 is 118 Å². The van der Waals surface area contributed by atoms with Crippen LogP contribution in [0.4, 0.5) is 0 Å². The summed E-state index contributed by atoms with van der Waals surface area (Å²) in [7, 11) is -5.15. The van der Waals surface area contributed by atoms with Gasteiger partial charge in [-0.3, -0.25) is 14.9 Å². The average molecular weight is 640 g/mol. The summed E-state index contributed by atoms with van der Waals surface area (Å²) in [5.74, 6) is 23.0. The normalized spacial score (nSPS) is 9.24. The quantitative estimate of drug-likeness (QED) is 0.0360. The van der Waals surface area contributed by atoms with Crippen molar-refractivity contribution in [2.24, 2.45) is 0 Å². The molecule has 2 N–H and O–H groups in total. The first-order chi connectivity index (χ1) is 19.2. The molecule has 0 saturated heterocycles. The molecule has 0 aromatic rings. The Labute approximate surface area is 310 Å². The predicted molar refractivity (Wildman–Crippen MR) is 168 cm³/mol. The van der Waals surface area contributed by atoms with Crippen LogP contribution in [-0.4, -0.2) is 43.1 Å². The largest absolute Gasteiger partial charge is 1.00 e. The number of carbonyl (C=O) groups is 2. The van der Waals surface area contributed by atoms with Crippen molar-refractivity contribution in [2.45, 2.75) is 77.7 Å². The van der Waals surface area contributed by atoms with Gasteiger partial charge in [0, 0.05) is 64.7 Å². The third-order valence-corrected chi connectivity index (χ3v) is 4.68. The van der Waals surface area contributed by atoms with Gasteiger partial charge in [0.15, 0.2) is 0 Å². The minimum Gasteiger partial charge on any atom is -0.790 e. The number of hydrogen-bond acceptors (Lipinski definition) is 9. The molecule has 0 aliphatic rings. The maximum atomic E-state index is 11.7. The van der Waals surface area contributed by atoms with Crippen molar-refractivity contribution >= 4 is 19.7 Å². The third-order valence-electron chi connectivity index (χ3n) is 4.22. The Hall–Kier alpha value is -1.67. The van der Waals surface area contributed by atoms with Gasteiger partial charge < -0.3 is 33.5 Å². The smallest absolute Gasteiger partial charge is 0.790 e. The van der Waals surface area contributed by atoms with E-state index < -0.39 is 33.3 Å². The van der Waals surface area contributed by atoms with Gasteiger partial charge in [-0.1, -0.05) is 51.9 Å². The maximum Gasteiger partial charge on any atom is 1.00 e. The summed E-state index contributed by atoms with van der Waals surface area (Å²) in [4.78, 5) is 43.0. The minimum atomic E-state index is -5.15. The first-order valence-electron chi connectivity index (χ1n) is 12.4. The molecule has 0 aliphatic heterocycles. The molecule has 238 valence electrons. The molecule has 0 heterocycles. The molecule has 13 heteroatoms. The van der Waals surface area contributed by atoms with Gasteiger partial charge in [0.2, 0.25) is 5.91 Å². The van der Waals surface area contributed by atoms with Crippen molar-refractivity contribution in [3.8, 4) is 71.7 Å². The van der Waals surface area contributed by atoms with Gasteiger partial charge in [-0.25, -0.2) is 0 Å². The number of ether oxygens (including phenoxy) is 2. The van der Waals surface area contributed by atoms with E-state index in [-0.39, 0.29) is 93.7 Å². The number of phosphoric acid groups is 1. The summed E-state index contributed by atoms with van der Waals surface area (Å²) in [6.45, 7) is 2.04. The Bertz CT molecular complexity index is 1190. The Morgan fingerprint density at radius 2 is 1.38 bits per heavy atom. The predicted octanol–water partition coefficient (Wildman–Crippen LogP) is -2.32. The fraction of sp³-hybridized carbons (Fsp3) is 0.517. The fourth-order valence-corrected chi connectivity index (χ4v) is 2.88. The Morgan fingerprint density at radius 1 is 0.881 bits per heavy atom. The molecule has 0 unspecified atom stereocenters. The monoisotopic (exact) mass is 639 g/mol. The summed E-state index contributed by atoms with van der Waals surface area (Å²) in [5.41, 5.74) is 0. The van der Waals surface area contributed by atoms with Crippen molar-refractivity contribution in [3.05, 3.63) is 0 Å². The number of hydrogen-bond donors (Lipinski definition) is 2. The number of rotatable bonds is 16. The van der Waals surface area contributed by atoms with E-state index in [2.05, 4.69) is 86.7 Å². The molecule has 0 aromatic carbocycles. The molecular formula is C29H56NNa2O9P. The van der Waals surface area contributed by atoms with Gasteiger partial charge in [0.25, 0.3) is 0 Å². The first kappa shape index (κ1) is 47.3. The standard InChI is InChI=1S/C15H31O8P.C14H5NO.2Na.11H2/c1-2-3-4-5-6-7-8-9-10-15(17)23-14(11-21-13-16)12-22-24(18,19)20;1-3-4-5-6-7-8-9-10-11-12-13-15-14(2)16;;;;;;;;;;;;;/h14,16H,2-13H2,1H3,(H2,18,19,20);1H,2H3,(H,15,16);;;11*1H/q;;2*+1;;;;;;;;;;;/p-2/t14-;;;;;;;;;;;;;;/m0............../s1. The zero-order chi connectivity index (χ0) is 30.3. The Morgan fingerprint density at radius 3 is 1.86 bits per heavy atom. The van der Waals surface area contributed by atoms with Gasteiger partial charge in [-0.2, -0.15) is 0 Å². The van der Waals surface area contributed by atoms with Crippen LogP contribution in [0.2, 0.25) is 0 Å². The molecule has 0 spiro atoms. The van der Waals surface area contributed by atoms with Gasteiger partial charge in [0.1, 0.15) is 12.9 Å². The van der Waals surface area contributed by atoms with Crippen molar-refractivity contribution in [1.82, 2.24) is 5.32 Å². The molecule has 1 amide bonds. The van der Waals surface area contributed by atoms with Crippen LogP contribution < -0.4 is 74.2 Å². The topological polar surface area (TPSA) is 157 Å². The zero-order valence-corrected chi connectivity index (χ0v) is 29.7. The van der Waals surface area contributed by atoms with Gasteiger partial charge in [0.05, 0.1) is 21.0 Å². The average Bonchev–Trinajstić information content (AvgIpc) is 2.90. The number of nitrogens with one attached hydrogen (secondary N) is 1. The van der Waals surface area contributed by atoms with Gasteiger partial charge in [-0.15, -0.1) is 6.42 Å². The fourth-order valence-electron chi connectivity index (χ4n) is 2.53. The van der Waals surface area contributed by atoms with E-state index in [4.69, 9.17) is 16.3 Å². The summed E-state index contributed by atoms with van der Waals surface area (Å²) < 4.78 is 24.2. The summed E-state index contributed by atoms with van der Waals surface area (Å²) in [6, 6.07) is 2.33. The van der Waals surface area contributed by atoms with Crippen LogP contribution in [0, 0.1) is 71.7 Å². The number of phosphoric ester groups is 1. The summed E-state index contributed by atoms with van der Waals surface area (Å²) in [5, 5.41) is 10.8. The second-order valence-electron chi connectivity index (χ2n) is 7.66. The van der Waals surface area contributed by atoms with E-state index in [0.29, 0.717) is 6.42 Å². The molecular weight excluding hydrogens is 583 g/mol. The second-order valence-corrected chi connectivity index (χ2v) is 8.81. The van der Waals surface area contributed by atoms with E-state index in [0.717, 1.165) is 19.3 Å². The van der Waals surface area contributed by atoms with Crippen LogP contribution in [0.1, 0.15) is 87.3 Å². The number of aliphatic hydroxyl groups is 1. The minimum absolute atomic E-state index is 0. The van der Waals surface area contributed by atoms with Crippen LogP contribution in [-0.2, 0) is 28.2 Å². The Balaban J connectivity index is -0.0000000350. The number of unbranched alkanes of at least 4 members (excludes halogenated alkanes) is 7. The molecule has 0 rings (SSSR count). The first-order valence-corrected chi connectivity index (χ1v) is 13.9. The maximum absolute atomic E-state index is 11.7. The van der Waals surface area contributed by atoms with Crippen LogP contribution in [0.25, 0.3) is 0 Å². The molecule has 0 aromatic heterocycles. The van der Waals surface area contributed by atoms with E-state index in [9.17, 15) is 23.9 Å². The zero-order valence-electron chi connectivity index (χ0n) is 24.8. The van der Waals surface area contributed by atoms with E-state index in [1.54, 1.807) is 0 Å². The van der Waals surface area contributed by atoms with Gasteiger partial charge >= 0.3 is 65.1 Å². The molecule has 0 aliphatic carbocycles.